The minimum absolute atomic E-state index is 0.0351. The molecule has 98 valence electrons. The molecule has 0 aliphatic heterocycles. The molecule has 1 heterocycles. The van der Waals surface area contributed by atoms with Crippen LogP contribution in [0.4, 0.5) is 4.39 Å². The van der Waals surface area contributed by atoms with Crippen LogP contribution in [-0.4, -0.2) is 21.3 Å². The molecule has 0 fully saturated rings. The van der Waals surface area contributed by atoms with Crippen molar-refractivity contribution in [1.82, 2.24) is 10.2 Å². The molecule has 4 nitrogen and oxygen atoms in total. The predicted octanol–water partition coefficient (Wildman–Crippen LogP) is 2.79. The smallest absolute Gasteiger partial charge is 0.353 e. The van der Waals surface area contributed by atoms with Crippen LogP contribution >= 0.6 is 0 Å². The van der Waals surface area contributed by atoms with Crippen molar-refractivity contribution in [3.05, 3.63) is 40.8 Å². The van der Waals surface area contributed by atoms with Gasteiger partial charge in [0.1, 0.15) is 11.5 Å². The molecule has 1 aliphatic carbocycles. The van der Waals surface area contributed by atoms with Crippen LogP contribution < -0.4 is 0 Å². The Kier molecular flexibility index (Phi) is 2.81. The zero-order valence-corrected chi connectivity index (χ0v) is 10.2. The van der Waals surface area contributed by atoms with Gasteiger partial charge in [0, 0.05) is 5.56 Å². The molecule has 0 bridgehead atoms. The lowest BCUT2D eigenvalue weighted by molar-refractivity contribution is 0.0690. The van der Waals surface area contributed by atoms with Gasteiger partial charge in [0.25, 0.3) is 0 Å². The minimum atomic E-state index is -1.10. The number of rotatable bonds is 2. The number of aromatic carboxylic acids is 1. The maximum absolute atomic E-state index is 14.1. The predicted molar refractivity (Wildman–Crippen MR) is 67.6 cm³/mol. The lowest BCUT2D eigenvalue weighted by atomic mass is 9.89. The summed E-state index contributed by atoms with van der Waals surface area (Å²) in [6.07, 6.45) is 4.06. The standard InChI is InChI=1S/C14H13FN2O2/c15-11-6-9-4-2-1-3-8(9)5-10(11)12-7-13(14(18)19)17-16-12/h5-7H,1-4H2,(H,16,17)(H,18,19). The SMILES string of the molecule is O=C(O)c1cc(-c2cc3c(cc2F)CCCC3)n[nH]1. The molecule has 5 heteroatoms. The molecule has 1 aromatic heterocycles. The Bertz CT molecular complexity index is 649. The van der Waals surface area contributed by atoms with Crippen LogP contribution in [0.25, 0.3) is 11.3 Å². The van der Waals surface area contributed by atoms with E-state index in [2.05, 4.69) is 10.2 Å². The molecule has 0 saturated heterocycles. The highest BCUT2D eigenvalue weighted by Crippen LogP contribution is 2.29. The van der Waals surface area contributed by atoms with E-state index in [1.807, 2.05) is 0 Å². The average molecular weight is 260 g/mol. The first-order valence-electron chi connectivity index (χ1n) is 6.25. The third-order valence-electron chi connectivity index (χ3n) is 3.52. The number of hydrogen-bond donors (Lipinski definition) is 2. The molecule has 2 N–H and O–H groups in total. The van der Waals surface area contributed by atoms with Gasteiger partial charge in [-0.15, -0.1) is 0 Å². The first-order chi connectivity index (χ1) is 9.15. The number of nitrogens with one attached hydrogen (secondary N) is 1. The van der Waals surface area contributed by atoms with Crippen LogP contribution in [0.15, 0.2) is 18.2 Å². The van der Waals surface area contributed by atoms with Gasteiger partial charge < -0.3 is 5.11 Å². The van der Waals surface area contributed by atoms with E-state index in [0.29, 0.717) is 11.3 Å². The summed E-state index contributed by atoms with van der Waals surface area (Å²) in [6, 6.07) is 4.71. The van der Waals surface area contributed by atoms with Gasteiger partial charge in [0.05, 0.1) is 5.69 Å². The Morgan fingerprint density at radius 2 is 1.89 bits per heavy atom. The van der Waals surface area contributed by atoms with Gasteiger partial charge in [-0.3, -0.25) is 5.10 Å². The van der Waals surface area contributed by atoms with Gasteiger partial charge in [0.2, 0.25) is 0 Å². The number of benzene rings is 1. The van der Waals surface area contributed by atoms with E-state index in [-0.39, 0.29) is 11.5 Å². The molecule has 0 unspecified atom stereocenters. The molecule has 0 saturated carbocycles. The topological polar surface area (TPSA) is 66.0 Å². The Morgan fingerprint density at radius 3 is 2.53 bits per heavy atom. The fraction of sp³-hybridized carbons (Fsp3) is 0.286. The van der Waals surface area contributed by atoms with Crippen LogP contribution in [0.5, 0.6) is 0 Å². The second kappa shape index (κ2) is 4.50. The van der Waals surface area contributed by atoms with Crippen molar-refractivity contribution in [3.8, 4) is 11.3 Å². The summed E-state index contributed by atoms with van der Waals surface area (Å²) in [5, 5.41) is 15.1. The molecule has 0 spiro atoms. The van der Waals surface area contributed by atoms with E-state index >= 15 is 0 Å². The minimum Gasteiger partial charge on any atom is -0.477 e. The number of carboxylic acids is 1. The number of fused-ring (bicyclic) bond motifs is 1. The molecule has 0 atom stereocenters. The highest BCUT2D eigenvalue weighted by Gasteiger charge is 2.17. The van der Waals surface area contributed by atoms with E-state index in [1.165, 1.54) is 6.07 Å². The molecular formula is C14H13FN2O2. The lowest BCUT2D eigenvalue weighted by Crippen LogP contribution is -2.04. The molecule has 0 radical (unpaired) electrons. The van der Waals surface area contributed by atoms with Crippen LogP contribution in [0, 0.1) is 5.82 Å². The van der Waals surface area contributed by atoms with E-state index in [4.69, 9.17) is 5.11 Å². The van der Waals surface area contributed by atoms with Gasteiger partial charge in [-0.2, -0.15) is 5.10 Å². The number of halogens is 1. The van der Waals surface area contributed by atoms with Crippen molar-refractivity contribution < 1.29 is 14.3 Å². The van der Waals surface area contributed by atoms with Crippen LogP contribution in [0.2, 0.25) is 0 Å². The molecule has 2 aromatic rings. The average Bonchev–Trinajstić information content (AvgIpc) is 2.87. The zero-order chi connectivity index (χ0) is 13.4. The molecule has 3 rings (SSSR count). The third kappa shape index (κ3) is 2.12. The summed E-state index contributed by atoms with van der Waals surface area (Å²) >= 11 is 0. The Balaban J connectivity index is 2.06. The monoisotopic (exact) mass is 260 g/mol. The van der Waals surface area contributed by atoms with E-state index < -0.39 is 5.97 Å². The molecule has 19 heavy (non-hydrogen) atoms. The van der Waals surface area contributed by atoms with Crippen molar-refractivity contribution in [1.29, 1.82) is 0 Å². The van der Waals surface area contributed by atoms with Crippen molar-refractivity contribution in [3.63, 3.8) is 0 Å². The number of hydrogen-bond acceptors (Lipinski definition) is 2. The van der Waals surface area contributed by atoms with Gasteiger partial charge in [-0.25, -0.2) is 9.18 Å². The molecule has 0 amide bonds. The summed E-state index contributed by atoms with van der Waals surface area (Å²) in [5.74, 6) is -1.44. The second-order valence-electron chi connectivity index (χ2n) is 4.78. The Hall–Kier alpha value is -2.17. The first-order valence-corrected chi connectivity index (χ1v) is 6.25. The van der Waals surface area contributed by atoms with E-state index in [0.717, 1.165) is 36.8 Å². The molecule has 1 aromatic carbocycles. The Morgan fingerprint density at radius 1 is 1.21 bits per heavy atom. The third-order valence-corrected chi connectivity index (χ3v) is 3.52. The van der Waals surface area contributed by atoms with Crippen LogP contribution in [-0.2, 0) is 12.8 Å². The van der Waals surface area contributed by atoms with Gasteiger partial charge in [-0.1, -0.05) is 0 Å². The quantitative estimate of drug-likeness (QED) is 0.872. The van der Waals surface area contributed by atoms with E-state index in [1.54, 1.807) is 12.1 Å². The van der Waals surface area contributed by atoms with Crippen molar-refractivity contribution in [2.45, 2.75) is 25.7 Å². The number of aromatic amines is 1. The van der Waals surface area contributed by atoms with Crippen molar-refractivity contribution in [2.24, 2.45) is 0 Å². The van der Waals surface area contributed by atoms with Crippen molar-refractivity contribution >= 4 is 5.97 Å². The van der Waals surface area contributed by atoms with E-state index in [9.17, 15) is 9.18 Å². The first kappa shape index (κ1) is 11.9. The van der Waals surface area contributed by atoms with Crippen LogP contribution in [0.1, 0.15) is 34.5 Å². The van der Waals surface area contributed by atoms with Crippen molar-refractivity contribution in [2.75, 3.05) is 0 Å². The molecular weight excluding hydrogens is 247 g/mol. The fourth-order valence-corrected chi connectivity index (χ4v) is 2.52. The van der Waals surface area contributed by atoms with Gasteiger partial charge >= 0.3 is 5.97 Å². The summed E-state index contributed by atoms with van der Waals surface area (Å²) in [5.41, 5.74) is 2.86. The number of aryl methyl sites for hydroxylation is 2. The summed E-state index contributed by atoms with van der Waals surface area (Å²) in [6.45, 7) is 0. The van der Waals surface area contributed by atoms with Crippen LogP contribution in [0.3, 0.4) is 0 Å². The Labute approximate surface area is 109 Å². The lowest BCUT2D eigenvalue weighted by Gasteiger charge is -2.16. The maximum Gasteiger partial charge on any atom is 0.353 e. The normalized spacial score (nSPS) is 14.2. The number of aromatic nitrogens is 2. The molecule has 1 aliphatic rings. The second-order valence-corrected chi connectivity index (χ2v) is 4.78. The highest BCUT2D eigenvalue weighted by molar-refractivity contribution is 5.86. The zero-order valence-electron chi connectivity index (χ0n) is 10.2. The van der Waals surface area contributed by atoms with Gasteiger partial charge in [0.15, 0.2) is 0 Å². The summed E-state index contributed by atoms with van der Waals surface area (Å²) in [7, 11) is 0. The number of carboxylic acid groups (broad SMARTS) is 1. The number of H-pyrrole nitrogens is 1. The number of nitrogens with zero attached hydrogens (tertiary/aromatic N) is 1. The summed E-state index contributed by atoms with van der Waals surface area (Å²) in [4.78, 5) is 10.8. The van der Waals surface area contributed by atoms with Gasteiger partial charge in [-0.05, 0) is 55.0 Å². The summed E-state index contributed by atoms with van der Waals surface area (Å²) < 4.78 is 14.1. The maximum atomic E-state index is 14.1. The highest BCUT2D eigenvalue weighted by atomic mass is 19.1. The largest absolute Gasteiger partial charge is 0.477 e. The fourth-order valence-electron chi connectivity index (χ4n) is 2.52. The number of carbonyl (C=O) groups is 1.